The fourth-order valence-corrected chi connectivity index (χ4v) is 1.02. The molecule has 0 amide bonds. The Labute approximate surface area is 92.1 Å². The maximum atomic E-state index is 12.0. The van der Waals surface area contributed by atoms with Crippen LogP contribution in [0.2, 0.25) is 0 Å². The standard InChI is InChI=1S/C12H12F3N/c13-12(14,15)11(16)9-5-4-8-10-6-2-1-3-7-10/h1-9,11H,16H2/b8-4+,9-5+. The van der Waals surface area contributed by atoms with Crippen molar-refractivity contribution in [2.75, 3.05) is 0 Å². The molecule has 0 spiro atoms. The summed E-state index contributed by atoms with van der Waals surface area (Å²) < 4.78 is 36.0. The number of nitrogens with two attached hydrogens (primary N) is 1. The van der Waals surface area contributed by atoms with Crippen LogP contribution in [-0.4, -0.2) is 12.2 Å². The highest BCUT2D eigenvalue weighted by Crippen LogP contribution is 2.18. The average Bonchev–Trinajstić information content (AvgIpc) is 2.24. The Balaban J connectivity index is 2.52. The van der Waals surface area contributed by atoms with Gasteiger partial charge in [-0.1, -0.05) is 54.6 Å². The van der Waals surface area contributed by atoms with E-state index >= 15 is 0 Å². The molecular weight excluding hydrogens is 215 g/mol. The van der Waals surface area contributed by atoms with E-state index in [1.54, 1.807) is 6.08 Å². The molecule has 1 nitrogen and oxygen atoms in total. The van der Waals surface area contributed by atoms with Crippen molar-refractivity contribution in [1.82, 2.24) is 0 Å². The van der Waals surface area contributed by atoms with E-state index in [9.17, 15) is 13.2 Å². The first-order valence-corrected chi connectivity index (χ1v) is 4.72. The summed E-state index contributed by atoms with van der Waals surface area (Å²) in [5.74, 6) is 0. The Bertz CT molecular complexity index is 366. The largest absolute Gasteiger partial charge is 0.407 e. The second-order valence-electron chi connectivity index (χ2n) is 3.22. The fraction of sp³-hybridized carbons (Fsp3) is 0.167. The summed E-state index contributed by atoms with van der Waals surface area (Å²) in [7, 11) is 0. The van der Waals surface area contributed by atoms with Crippen molar-refractivity contribution < 1.29 is 13.2 Å². The smallest absolute Gasteiger partial charge is 0.317 e. The van der Waals surface area contributed by atoms with E-state index in [1.165, 1.54) is 12.2 Å². The maximum absolute atomic E-state index is 12.0. The molecule has 1 rings (SSSR count). The topological polar surface area (TPSA) is 26.0 Å². The second kappa shape index (κ2) is 5.51. The van der Waals surface area contributed by atoms with E-state index in [2.05, 4.69) is 0 Å². The molecule has 1 atom stereocenters. The number of halogens is 3. The minimum atomic E-state index is -4.38. The van der Waals surface area contributed by atoms with Gasteiger partial charge in [0.1, 0.15) is 6.04 Å². The number of benzene rings is 1. The van der Waals surface area contributed by atoms with E-state index in [0.29, 0.717) is 0 Å². The number of alkyl halides is 3. The van der Waals surface area contributed by atoms with Crippen molar-refractivity contribution in [3.05, 3.63) is 54.1 Å². The zero-order valence-electron chi connectivity index (χ0n) is 8.48. The first-order valence-electron chi connectivity index (χ1n) is 4.72. The summed E-state index contributed by atoms with van der Waals surface area (Å²) in [6, 6.07) is 7.37. The lowest BCUT2D eigenvalue weighted by atomic mass is 10.2. The van der Waals surface area contributed by atoms with Gasteiger partial charge in [0.25, 0.3) is 0 Å². The number of allylic oxidation sites excluding steroid dienone is 2. The van der Waals surface area contributed by atoms with Gasteiger partial charge >= 0.3 is 6.18 Å². The minimum absolute atomic E-state index is 0.916. The van der Waals surface area contributed by atoms with Crippen LogP contribution < -0.4 is 5.73 Å². The lowest BCUT2D eigenvalue weighted by Gasteiger charge is -2.09. The van der Waals surface area contributed by atoms with Crippen molar-refractivity contribution >= 4 is 6.08 Å². The summed E-state index contributed by atoms with van der Waals surface area (Å²) in [5, 5.41) is 0. The third kappa shape index (κ3) is 4.31. The van der Waals surface area contributed by atoms with Crippen LogP contribution in [-0.2, 0) is 0 Å². The van der Waals surface area contributed by atoms with Crippen LogP contribution in [0.4, 0.5) is 13.2 Å². The predicted molar refractivity (Wildman–Crippen MR) is 58.6 cm³/mol. The Morgan fingerprint density at radius 2 is 1.69 bits per heavy atom. The highest BCUT2D eigenvalue weighted by molar-refractivity contribution is 5.50. The summed E-state index contributed by atoms with van der Waals surface area (Å²) in [5.41, 5.74) is 5.81. The molecule has 0 bridgehead atoms. The van der Waals surface area contributed by atoms with Crippen LogP contribution in [0.25, 0.3) is 6.08 Å². The molecule has 0 saturated heterocycles. The SMILES string of the molecule is NC(/C=C/C=C/c1ccccc1)C(F)(F)F. The molecule has 0 aliphatic carbocycles. The van der Waals surface area contributed by atoms with Crippen molar-refractivity contribution in [1.29, 1.82) is 0 Å². The molecule has 1 aromatic rings. The highest BCUT2D eigenvalue weighted by Gasteiger charge is 2.34. The van der Waals surface area contributed by atoms with Crippen molar-refractivity contribution in [3.8, 4) is 0 Å². The molecule has 0 aromatic heterocycles. The zero-order chi connectivity index (χ0) is 12.0. The zero-order valence-corrected chi connectivity index (χ0v) is 8.48. The molecular formula is C12H12F3N. The summed E-state index contributed by atoms with van der Waals surface area (Å²) >= 11 is 0. The third-order valence-electron chi connectivity index (χ3n) is 1.90. The van der Waals surface area contributed by atoms with Gasteiger partial charge in [0.05, 0.1) is 0 Å². The van der Waals surface area contributed by atoms with Gasteiger partial charge < -0.3 is 5.73 Å². The first-order chi connectivity index (χ1) is 7.50. The van der Waals surface area contributed by atoms with Gasteiger partial charge in [-0.15, -0.1) is 0 Å². The normalized spacial score (nSPS) is 14.8. The Kier molecular flexibility index (Phi) is 4.31. The van der Waals surface area contributed by atoms with E-state index in [4.69, 9.17) is 5.73 Å². The molecule has 2 N–H and O–H groups in total. The van der Waals surface area contributed by atoms with E-state index < -0.39 is 12.2 Å². The highest BCUT2D eigenvalue weighted by atomic mass is 19.4. The minimum Gasteiger partial charge on any atom is -0.317 e. The van der Waals surface area contributed by atoms with E-state index in [0.717, 1.165) is 11.6 Å². The third-order valence-corrected chi connectivity index (χ3v) is 1.90. The number of rotatable bonds is 3. The Hall–Kier alpha value is -1.55. The van der Waals surface area contributed by atoms with Crippen LogP contribution >= 0.6 is 0 Å². The monoisotopic (exact) mass is 227 g/mol. The summed E-state index contributed by atoms with van der Waals surface area (Å²) in [4.78, 5) is 0. The summed E-state index contributed by atoms with van der Waals surface area (Å²) in [6.45, 7) is 0. The van der Waals surface area contributed by atoms with E-state index in [1.807, 2.05) is 30.3 Å². The fourth-order valence-electron chi connectivity index (χ4n) is 1.02. The molecule has 0 aliphatic rings. The van der Waals surface area contributed by atoms with Gasteiger partial charge in [-0.05, 0) is 5.56 Å². The van der Waals surface area contributed by atoms with Crippen LogP contribution in [0.5, 0.6) is 0 Å². The van der Waals surface area contributed by atoms with Gasteiger partial charge in [0.2, 0.25) is 0 Å². The number of hydrogen-bond donors (Lipinski definition) is 1. The van der Waals surface area contributed by atoms with Gasteiger partial charge in [0.15, 0.2) is 0 Å². The molecule has 0 heterocycles. The van der Waals surface area contributed by atoms with Gasteiger partial charge in [-0.25, -0.2) is 0 Å². The molecule has 16 heavy (non-hydrogen) atoms. The van der Waals surface area contributed by atoms with Gasteiger partial charge in [-0.2, -0.15) is 13.2 Å². The van der Waals surface area contributed by atoms with Gasteiger partial charge in [0, 0.05) is 0 Å². The quantitative estimate of drug-likeness (QED) is 0.789. The second-order valence-corrected chi connectivity index (χ2v) is 3.22. The molecule has 0 saturated carbocycles. The molecule has 0 fully saturated rings. The van der Waals surface area contributed by atoms with Crippen molar-refractivity contribution in [3.63, 3.8) is 0 Å². The van der Waals surface area contributed by atoms with Crippen LogP contribution in [0.15, 0.2) is 48.6 Å². The first kappa shape index (κ1) is 12.5. The molecule has 1 unspecified atom stereocenters. The van der Waals surface area contributed by atoms with E-state index in [-0.39, 0.29) is 0 Å². The summed E-state index contributed by atoms with van der Waals surface area (Å²) in [6.07, 6.45) is 1.07. The Morgan fingerprint density at radius 3 is 2.25 bits per heavy atom. The van der Waals surface area contributed by atoms with Crippen LogP contribution in [0.1, 0.15) is 5.56 Å². The average molecular weight is 227 g/mol. The molecule has 0 aliphatic heterocycles. The Morgan fingerprint density at radius 1 is 1.06 bits per heavy atom. The van der Waals surface area contributed by atoms with Gasteiger partial charge in [-0.3, -0.25) is 0 Å². The lowest BCUT2D eigenvalue weighted by Crippen LogP contribution is -2.35. The molecule has 4 heteroatoms. The van der Waals surface area contributed by atoms with Crippen molar-refractivity contribution in [2.45, 2.75) is 12.2 Å². The lowest BCUT2D eigenvalue weighted by molar-refractivity contribution is -0.136. The molecule has 1 aromatic carbocycles. The van der Waals surface area contributed by atoms with Crippen LogP contribution in [0, 0.1) is 0 Å². The maximum Gasteiger partial charge on any atom is 0.407 e. The van der Waals surface area contributed by atoms with Crippen molar-refractivity contribution in [2.24, 2.45) is 5.73 Å². The molecule has 86 valence electrons. The van der Waals surface area contributed by atoms with Crippen LogP contribution in [0.3, 0.4) is 0 Å². The molecule has 0 radical (unpaired) electrons. The number of hydrogen-bond acceptors (Lipinski definition) is 1. The predicted octanol–water partition coefficient (Wildman–Crippen LogP) is 3.15.